The number of hydrogen-bond donors (Lipinski definition) is 1. The van der Waals surface area contributed by atoms with Gasteiger partial charge in [-0.05, 0) is 70.6 Å². The Morgan fingerprint density at radius 3 is 1.50 bits per heavy atom. The molecule has 0 saturated carbocycles. The maximum absolute atomic E-state index is 12.7. The third-order valence-corrected chi connectivity index (χ3v) is 10.6. The van der Waals surface area contributed by atoms with Crippen molar-refractivity contribution in [3.8, 4) is 0 Å². The smallest absolute Gasteiger partial charge is 0.462 e. The van der Waals surface area contributed by atoms with Crippen LogP contribution in [0.15, 0.2) is 36.5 Å². The number of carbonyl (C=O) groups is 2. The standard InChI is InChI=1S/C46H86NO8P/c1-6-8-10-12-14-16-18-20-22-23-25-27-29-31-33-35-37-39-46(49)55-44(43-54-56(50,51)53-41-40-47(3,4)5)42-52-45(48)38-36-34-32-30-28-26-24-21-19-17-15-13-11-9-7-2/h14,16,20,22,28,30,44H,6-13,15,17-19,21,23-27,29,31-43H2,1-5H3/p+1/b16-14+,22-20+,30-28+/t44-/m1/s1. The van der Waals surface area contributed by atoms with Crippen LogP contribution >= 0.6 is 7.82 Å². The number of esters is 2. The molecule has 0 fully saturated rings. The molecule has 56 heavy (non-hydrogen) atoms. The summed E-state index contributed by atoms with van der Waals surface area (Å²) < 4.78 is 34.3. The van der Waals surface area contributed by atoms with Crippen molar-refractivity contribution >= 4 is 19.8 Å². The average molecular weight is 813 g/mol. The number of likely N-dealkylation sites (N-methyl/N-ethyl adjacent to an activating group) is 1. The van der Waals surface area contributed by atoms with Crippen LogP contribution in [0.3, 0.4) is 0 Å². The number of allylic oxidation sites excluding steroid dienone is 6. The Balaban J connectivity index is 4.38. The van der Waals surface area contributed by atoms with E-state index in [1.54, 1.807) is 0 Å². The Morgan fingerprint density at radius 2 is 0.964 bits per heavy atom. The minimum atomic E-state index is -4.38. The Hall–Kier alpha value is -1.77. The van der Waals surface area contributed by atoms with Crippen molar-refractivity contribution < 1.29 is 42.1 Å². The van der Waals surface area contributed by atoms with Crippen LogP contribution in [-0.2, 0) is 32.7 Å². The molecule has 0 radical (unpaired) electrons. The lowest BCUT2D eigenvalue weighted by molar-refractivity contribution is -0.870. The van der Waals surface area contributed by atoms with Gasteiger partial charge in [-0.15, -0.1) is 0 Å². The number of ether oxygens (including phenoxy) is 2. The average Bonchev–Trinajstić information content (AvgIpc) is 3.15. The van der Waals surface area contributed by atoms with E-state index in [2.05, 4.69) is 50.3 Å². The van der Waals surface area contributed by atoms with Gasteiger partial charge in [0.05, 0.1) is 27.7 Å². The highest BCUT2D eigenvalue weighted by Gasteiger charge is 2.27. The number of hydrogen-bond acceptors (Lipinski definition) is 7. The number of quaternary nitrogens is 1. The topological polar surface area (TPSA) is 108 Å². The first kappa shape index (κ1) is 54.2. The minimum Gasteiger partial charge on any atom is -0.462 e. The van der Waals surface area contributed by atoms with E-state index in [0.717, 1.165) is 51.4 Å². The van der Waals surface area contributed by atoms with E-state index in [4.69, 9.17) is 18.5 Å². The maximum Gasteiger partial charge on any atom is 0.472 e. The highest BCUT2D eigenvalue weighted by atomic mass is 31.2. The summed E-state index contributed by atoms with van der Waals surface area (Å²) in [5.74, 6) is -0.831. The molecule has 0 amide bonds. The van der Waals surface area contributed by atoms with Gasteiger partial charge in [-0.25, -0.2) is 4.57 Å². The van der Waals surface area contributed by atoms with Crippen LogP contribution in [0.4, 0.5) is 0 Å². The van der Waals surface area contributed by atoms with Crippen molar-refractivity contribution in [3.63, 3.8) is 0 Å². The van der Waals surface area contributed by atoms with Gasteiger partial charge in [0.15, 0.2) is 6.10 Å². The molecule has 9 nitrogen and oxygen atoms in total. The van der Waals surface area contributed by atoms with E-state index in [-0.39, 0.29) is 26.1 Å². The molecule has 328 valence electrons. The normalized spacial score (nSPS) is 13.9. The molecular weight excluding hydrogens is 725 g/mol. The van der Waals surface area contributed by atoms with Crippen LogP contribution in [0.5, 0.6) is 0 Å². The molecule has 0 heterocycles. The number of phosphoric ester groups is 1. The maximum atomic E-state index is 12.7. The Morgan fingerprint density at radius 1 is 0.554 bits per heavy atom. The number of phosphoric acid groups is 1. The largest absolute Gasteiger partial charge is 0.472 e. The van der Waals surface area contributed by atoms with Crippen LogP contribution in [0.25, 0.3) is 0 Å². The van der Waals surface area contributed by atoms with Crippen molar-refractivity contribution in [1.29, 1.82) is 0 Å². The first-order valence-electron chi connectivity index (χ1n) is 22.7. The molecule has 0 aliphatic rings. The Bertz CT molecular complexity index is 1050. The summed E-state index contributed by atoms with van der Waals surface area (Å²) in [5.41, 5.74) is 0. The molecule has 2 atom stereocenters. The van der Waals surface area contributed by atoms with Gasteiger partial charge in [0.25, 0.3) is 0 Å². The molecule has 0 aromatic carbocycles. The predicted octanol–water partition coefficient (Wildman–Crippen LogP) is 12.9. The van der Waals surface area contributed by atoms with E-state index in [1.165, 1.54) is 103 Å². The molecule has 0 bridgehead atoms. The van der Waals surface area contributed by atoms with Gasteiger partial charge in [0.2, 0.25) is 0 Å². The number of unbranched alkanes of at least 4 members (excludes halogenated alkanes) is 21. The number of rotatable bonds is 41. The first-order chi connectivity index (χ1) is 27.0. The zero-order valence-corrected chi connectivity index (χ0v) is 37.8. The van der Waals surface area contributed by atoms with Gasteiger partial charge >= 0.3 is 19.8 Å². The Kier molecular flexibility index (Phi) is 37.5. The molecule has 0 spiro atoms. The summed E-state index contributed by atoms with van der Waals surface area (Å²) >= 11 is 0. The van der Waals surface area contributed by atoms with Crippen LogP contribution < -0.4 is 0 Å². The van der Waals surface area contributed by atoms with Crippen molar-refractivity contribution in [2.45, 2.75) is 200 Å². The third kappa shape index (κ3) is 41.9. The summed E-state index contributed by atoms with van der Waals surface area (Å²) in [6.45, 7) is 4.37. The van der Waals surface area contributed by atoms with Crippen molar-refractivity contribution in [1.82, 2.24) is 0 Å². The molecule has 0 aromatic rings. The lowest BCUT2D eigenvalue weighted by Crippen LogP contribution is -2.37. The molecule has 0 rings (SSSR count). The summed E-state index contributed by atoms with van der Waals surface area (Å²) in [5, 5.41) is 0. The molecule has 10 heteroatoms. The highest BCUT2D eigenvalue weighted by Crippen LogP contribution is 2.43. The summed E-state index contributed by atoms with van der Waals surface area (Å²) in [4.78, 5) is 35.4. The van der Waals surface area contributed by atoms with Crippen molar-refractivity contribution in [3.05, 3.63) is 36.5 Å². The van der Waals surface area contributed by atoms with Gasteiger partial charge < -0.3 is 18.9 Å². The number of carbonyl (C=O) groups excluding carboxylic acids is 2. The van der Waals surface area contributed by atoms with Crippen LogP contribution in [0.2, 0.25) is 0 Å². The zero-order chi connectivity index (χ0) is 41.4. The highest BCUT2D eigenvalue weighted by molar-refractivity contribution is 7.47. The van der Waals surface area contributed by atoms with E-state index in [9.17, 15) is 19.0 Å². The van der Waals surface area contributed by atoms with Gasteiger partial charge in [-0.1, -0.05) is 147 Å². The summed E-state index contributed by atoms with van der Waals surface area (Å²) in [6, 6.07) is 0. The van der Waals surface area contributed by atoms with E-state index in [1.807, 2.05) is 21.1 Å². The lowest BCUT2D eigenvalue weighted by atomic mass is 10.1. The van der Waals surface area contributed by atoms with E-state index in [0.29, 0.717) is 23.9 Å². The fourth-order valence-corrected chi connectivity index (χ4v) is 6.78. The van der Waals surface area contributed by atoms with E-state index < -0.39 is 32.5 Å². The third-order valence-electron chi connectivity index (χ3n) is 9.64. The molecular formula is C46H87NO8P+. The second kappa shape index (κ2) is 38.7. The molecule has 0 saturated heterocycles. The first-order valence-corrected chi connectivity index (χ1v) is 24.2. The molecule has 1 N–H and O–H groups in total. The monoisotopic (exact) mass is 813 g/mol. The predicted molar refractivity (Wildman–Crippen MR) is 234 cm³/mol. The number of nitrogens with zero attached hydrogens (tertiary/aromatic N) is 1. The lowest BCUT2D eigenvalue weighted by Gasteiger charge is -2.24. The van der Waals surface area contributed by atoms with Crippen LogP contribution in [0.1, 0.15) is 194 Å². The van der Waals surface area contributed by atoms with Crippen LogP contribution in [-0.4, -0.2) is 74.9 Å². The molecule has 0 aliphatic carbocycles. The molecule has 0 aliphatic heterocycles. The van der Waals surface area contributed by atoms with E-state index >= 15 is 0 Å². The van der Waals surface area contributed by atoms with Crippen LogP contribution in [0, 0.1) is 0 Å². The molecule has 1 unspecified atom stereocenters. The quantitative estimate of drug-likeness (QED) is 0.0214. The second-order valence-corrected chi connectivity index (χ2v) is 17.9. The van der Waals surface area contributed by atoms with Gasteiger partial charge in [0, 0.05) is 12.8 Å². The van der Waals surface area contributed by atoms with Gasteiger partial charge in [0.1, 0.15) is 19.8 Å². The summed E-state index contributed by atoms with van der Waals surface area (Å²) in [7, 11) is 1.46. The van der Waals surface area contributed by atoms with Gasteiger partial charge in [-0.2, -0.15) is 0 Å². The van der Waals surface area contributed by atoms with Crippen molar-refractivity contribution in [2.24, 2.45) is 0 Å². The van der Waals surface area contributed by atoms with Gasteiger partial charge in [-0.3, -0.25) is 18.6 Å². The summed E-state index contributed by atoms with van der Waals surface area (Å²) in [6.07, 6.45) is 43.3. The zero-order valence-electron chi connectivity index (χ0n) is 36.9. The fourth-order valence-electron chi connectivity index (χ4n) is 6.04. The second-order valence-electron chi connectivity index (χ2n) is 16.4. The Labute approximate surface area is 344 Å². The fraction of sp³-hybridized carbons (Fsp3) is 0.826. The SMILES string of the molecule is CCCCC/C=C/C/C=C/CCCCCCCCCC(=O)O[C@H](COC(=O)CCCC/C=C/CCCCCCCCCCC)COP(=O)(O)OCC[N+](C)(C)C. The van der Waals surface area contributed by atoms with Crippen molar-refractivity contribution in [2.75, 3.05) is 47.5 Å². The minimum absolute atomic E-state index is 0.0271. The molecule has 0 aromatic heterocycles.